The van der Waals surface area contributed by atoms with E-state index in [1.807, 2.05) is 0 Å². The van der Waals surface area contributed by atoms with Crippen molar-refractivity contribution in [3.8, 4) is 0 Å². The third-order valence-electron chi connectivity index (χ3n) is 1.38. The lowest BCUT2D eigenvalue weighted by atomic mass is 10.4. The zero-order chi connectivity index (χ0) is 10.4. The fourth-order valence-corrected chi connectivity index (χ4v) is 1.14. The molecule has 76 valence electrons. The maximum absolute atomic E-state index is 11.3. The van der Waals surface area contributed by atoms with Gasteiger partial charge in [-0.1, -0.05) is 9.64 Å². The lowest BCUT2D eigenvalue weighted by Crippen LogP contribution is -2.27. The Bertz CT molecular complexity index is 323. The van der Waals surface area contributed by atoms with E-state index in [0.29, 0.717) is 17.8 Å². The molecule has 0 fully saturated rings. The highest BCUT2D eigenvalue weighted by Gasteiger charge is 2.07. The van der Waals surface area contributed by atoms with Crippen LogP contribution in [-0.2, 0) is 0 Å². The predicted octanol–water partition coefficient (Wildman–Crippen LogP) is -0.596. The van der Waals surface area contributed by atoms with E-state index in [1.54, 1.807) is 0 Å². The number of nitrogens with zero attached hydrogens (tertiary/aromatic N) is 3. The Morgan fingerprint density at radius 2 is 2.57 bits per heavy atom. The van der Waals surface area contributed by atoms with Gasteiger partial charge in [-0.05, 0) is 11.5 Å². The summed E-state index contributed by atoms with van der Waals surface area (Å²) in [5.74, 6) is -0.182. The average Bonchev–Trinajstić information content (AvgIpc) is 2.70. The van der Waals surface area contributed by atoms with E-state index >= 15 is 0 Å². The van der Waals surface area contributed by atoms with Gasteiger partial charge in [-0.3, -0.25) is 4.79 Å². The Balaban J connectivity index is 2.29. The highest BCUT2D eigenvalue weighted by atomic mass is 32.1. The SMILES string of the molecule is NC(CCNC(=O)c1cnns1)=NO. The molecule has 0 aliphatic heterocycles. The normalized spacial score (nSPS) is 11.3. The maximum atomic E-state index is 11.3. The van der Waals surface area contributed by atoms with Crippen molar-refractivity contribution in [2.24, 2.45) is 10.9 Å². The molecule has 0 spiro atoms. The summed E-state index contributed by atoms with van der Waals surface area (Å²) in [5.41, 5.74) is 5.20. The van der Waals surface area contributed by atoms with Crippen LogP contribution in [0, 0.1) is 0 Å². The smallest absolute Gasteiger partial charge is 0.264 e. The molecule has 1 aromatic rings. The van der Waals surface area contributed by atoms with Gasteiger partial charge in [-0.25, -0.2) is 0 Å². The first kappa shape index (κ1) is 10.4. The molecule has 8 heteroatoms. The van der Waals surface area contributed by atoms with Gasteiger partial charge in [0.2, 0.25) is 0 Å². The summed E-state index contributed by atoms with van der Waals surface area (Å²) in [6.45, 7) is 0.312. The van der Waals surface area contributed by atoms with Crippen LogP contribution >= 0.6 is 11.5 Å². The Hall–Kier alpha value is -1.70. The van der Waals surface area contributed by atoms with E-state index in [-0.39, 0.29) is 11.7 Å². The number of oxime groups is 1. The molecule has 7 nitrogen and oxygen atoms in total. The fourth-order valence-electron chi connectivity index (χ4n) is 0.708. The van der Waals surface area contributed by atoms with E-state index in [2.05, 4.69) is 20.1 Å². The molecule has 1 amide bonds. The van der Waals surface area contributed by atoms with Crippen molar-refractivity contribution in [1.29, 1.82) is 0 Å². The third-order valence-corrected chi connectivity index (χ3v) is 2.04. The molecule has 0 aromatic carbocycles. The van der Waals surface area contributed by atoms with Gasteiger partial charge in [0.1, 0.15) is 10.7 Å². The Labute approximate surface area is 83.8 Å². The highest BCUT2D eigenvalue weighted by Crippen LogP contribution is 2.00. The zero-order valence-electron chi connectivity index (χ0n) is 7.17. The van der Waals surface area contributed by atoms with Gasteiger partial charge >= 0.3 is 0 Å². The van der Waals surface area contributed by atoms with Crippen LogP contribution in [0.15, 0.2) is 11.4 Å². The van der Waals surface area contributed by atoms with Gasteiger partial charge in [-0.15, -0.1) is 5.10 Å². The topological polar surface area (TPSA) is 113 Å². The lowest BCUT2D eigenvalue weighted by molar-refractivity contribution is 0.0958. The van der Waals surface area contributed by atoms with Crippen LogP contribution < -0.4 is 11.1 Å². The zero-order valence-corrected chi connectivity index (χ0v) is 7.99. The van der Waals surface area contributed by atoms with Crippen LogP contribution in [0.3, 0.4) is 0 Å². The number of amides is 1. The Kier molecular flexibility index (Phi) is 3.80. The van der Waals surface area contributed by atoms with Crippen LogP contribution in [-0.4, -0.2) is 33.1 Å². The molecule has 1 heterocycles. The first-order chi connectivity index (χ1) is 6.74. The summed E-state index contributed by atoms with van der Waals surface area (Å²) in [6, 6.07) is 0. The predicted molar refractivity (Wildman–Crippen MR) is 50.3 cm³/mol. The molecule has 0 aliphatic carbocycles. The van der Waals surface area contributed by atoms with E-state index in [9.17, 15) is 4.79 Å². The minimum atomic E-state index is -0.259. The second kappa shape index (κ2) is 5.12. The second-order valence-electron chi connectivity index (χ2n) is 2.38. The quantitative estimate of drug-likeness (QED) is 0.269. The first-order valence-corrected chi connectivity index (χ1v) is 4.53. The first-order valence-electron chi connectivity index (χ1n) is 3.76. The van der Waals surface area contributed by atoms with Crippen LogP contribution in [0.25, 0.3) is 0 Å². The lowest BCUT2D eigenvalue weighted by Gasteiger charge is -2.00. The molecule has 0 saturated carbocycles. The van der Waals surface area contributed by atoms with Crippen molar-refractivity contribution >= 4 is 23.3 Å². The van der Waals surface area contributed by atoms with Gasteiger partial charge in [0.15, 0.2) is 0 Å². The summed E-state index contributed by atoms with van der Waals surface area (Å²) >= 11 is 1.01. The maximum Gasteiger partial charge on any atom is 0.264 e. The van der Waals surface area contributed by atoms with Crippen molar-refractivity contribution in [3.05, 3.63) is 11.1 Å². The summed E-state index contributed by atoms with van der Waals surface area (Å²) in [6.07, 6.45) is 1.68. The molecule has 14 heavy (non-hydrogen) atoms. The molecule has 0 aliphatic rings. The number of carbonyl (C=O) groups is 1. The monoisotopic (exact) mass is 215 g/mol. The number of hydrogen-bond donors (Lipinski definition) is 3. The number of hydrogen-bond acceptors (Lipinski definition) is 6. The van der Waals surface area contributed by atoms with Crippen LogP contribution in [0.2, 0.25) is 0 Å². The van der Waals surface area contributed by atoms with Gasteiger partial charge < -0.3 is 16.3 Å². The summed E-state index contributed by atoms with van der Waals surface area (Å²) < 4.78 is 3.55. The number of amidine groups is 1. The molecular formula is C6H9N5O2S. The van der Waals surface area contributed by atoms with Crippen LogP contribution in [0.1, 0.15) is 16.1 Å². The molecular weight excluding hydrogens is 206 g/mol. The largest absolute Gasteiger partial charge is 0.409 e. The Morgan fingerprint density at radius 3 is 3.14 bits per heavy atom. The van der Waals surface area contributed by atoms with Crippen LogP contribution in [0.4, 0.5) is 0 Å². The van der Waals surface area contributed by atoms with Gasteiger partial charge in [0, 0.05) is 13.0 Å². The molecule has 1 rings (SSSR count). The molecule has 4 N–H and O–H groups in total. The van der Waals surface area contributed by atoms with Gasteiger partial charge in [0.05, 0.1) is 6.20 Å². The number of carbonyl (C=O) groups excluding carboxylic acids is 1. The van der Waals surface area contributed by atoms with E-state index in [0.717, 1.165) is 11.5 Å². The van der Waals surface area contributed by atoms with Crippen molar-refractivity contribution < 1.29 is 10.0 Å². The standard InChI is InChI=1S/C6H9N5O2S/c7-5(10-13)1-2-8-6(12)4-3-9-11-14-4/h3,13H,1-2H2,(H2,7,10)(H,8,12). The highest BCUT2D eigenvalue weighted by molar-refractivity contribution is 7.07. The van der Waals surface area contributed by atoms with Crippen molar-refractivity contribution in [3.63, 3.8) is 0 Å². The molecule has 0 radical (unpaired) electrons. The molecule has 0 bridgehead atoms. The molecule has 0 saturated heterocycles. The summed E-state index contributed by atoms with van der Waals surface area (Å²) in [4.78, 5) is 11.7. The van der Waals surface area contributed by atoms with E-state index in [4.69, 9.17) is 10.9 Å². The number of aromatic nitrogens is 2. The summed E-state index contributed by atoms with van der Waals surface area (Å²) in [5, 5.41) is 17.1. The van der Waals surface area contributed by atoms with Crippen molar-refractivity contribution in [1.82, 2.24) is 14.9 Å². The molecule has 1 aromatic heterocycles. The molecule has 0 atom stereocenters. The molecule has 0 unspecified atom stereocenters. The number of nitrogens with one attached hydrogen (secondary N) is 1. The Morgan fingerprint density at radius 1 is 1.79 bits per heavy atom. The minimum Gasteiger partial charge on any atom is -0.409 e. The number of rotatable bonds is 4. The van der Waals surface area contributed by atoms with E-state index in [1.165, 1.54) is 6.20 Å². The third kappa shape index (κ3) is 2.98. The average molecular weight is 215 g/mol. The van der Waals surface area contributed by atoms with Crippen LogP contribution in [0.5, 0.6) is 0 Å². The second-order valence-corrected chi connectivity index (χ2v) is 3.16. The van der Waals surface area contributed by atoms with E-state index < -0.39 is 0 Å². The van der Waals surface area contributed by atoms with Crippen molar-refractivity contribution in [2.75, 3.05) is 6.54 Å². The van der Waals surface area contributed by atoms with Gasteiger partial charge in [-0.2, -0.15) is 0 Å². The fraction of sp³-hybridized carbons (Fsp3) is 0.333. The summed E-state index contributed by atoms with van der Waals surface area (Å²) in [7, 11) is 0. The van der Waals surface area contributed by atoms with Gasteiger partial charge in [0.25, 0.3) is 5.91 Å². The van der Waals surface area contributed by atoms with Crippen molar-refractivity contribution in [2.45, 2.75) is 6.42 Å². The number of nitrogens with two attached hydrogens (primary N) is 1. The minimum absolute atomic E-state index is 0.0766.